The summed E-state index contributed by atoms with van der Waals surface area (Å²) in [6.07, 6.45) is 7.48. The SMILES string of the molecule is COc1ccccc1CN1Cc2cncn2C(COCc2cccnc2)C1. The molecule has 0 spiro atoms. The summed E-state index contributed by atoms with van der Waals surface area (Å²) in [6, 6.07) is 12.4. The van der Waals surface area contributed by atoms with Gasteiger partial charge in [-0.15, -0.1) is 0 Å². The van der Waals surface area contributed by atoms with Gasteiger partial charge in [-0.3, -0.25) is 9.88 Å². The van der Waals surface area contributed by atoms with E-state index in [-0.39, 0.29) is 6.04 Å². The topological polar surface area (TPSA) is 52.4 Å². The predicted octanol–water partition coefficient (Wildman–Crippen LogP) is 3.06. The number of pyridine rings is 1. The predicted molar refractivity (Wildman–Crippen MR) is 102 cm³/mol. The number of aromatic nitrogens is 3. The summed E-state index contributed by atoms with van der Waals surface area (Å²) in [5, 5.41) is 0. The molecule has 27 heavy (non-hydrogen) atoms. The van der Waals surface area contributed by atoms with Crippen molar-refractivity contribution in [3.63, 3.8) is 0 Å². The molecule has 2 aromatic heterocycles. The maximum atomic E-state index is 5.99. The van der Waals surface area contributed by atoms with Gasteiger partial charge in [0.1, 0.15) is 5.75 Å². The van der Waals surface area contributed by atoms with Crippen LogP contribution in [0.1, 0.15) is 22.9 Å². The molecule has 0 radical (unpaired) electrons. The molecule has 0 fully saturated rings. The van der Waals surface area contributed by atoms with Gasteiger partial charge < -0.3 is 14.0 Å². The van der Waals surface area contributed by atoms with Gasteiger partial charge in [-0.05, 0) is 17.7 Å². The summed E-state index contributed by atoms with van der Waals surface area (Å²) in [4.78, 5) is 10.9. The van der Waals surface area contributed by atoms with E-state index in [9.17, 15) is 0 Å². The van der Waals surface area contributed by atoms with Crippen LogP contribution in [0.2, 0.25) is 0 Å². The van der Waals surface area contributed by atoms with E-state index in [0.29, 0.717) is 13.2 Å². The molecule has 0 saturated carbocycles. The van der Waals surface area contributed by atoms with Crippen LogP contribution in [0.5, 0.6) is 5.75 Å². The molecule has 140 valence electrons. The van der Waals surface area contributed by atoms with E-state index in [0.717, 1.165) is 30.9 Å². The minimum Gasteiger partial charge on any atom is -0.496 e. The van der Waals surface area contributed by atoms with Crippen LogP contribution in [0.25, 0.3) is 0 Å². The fourth-order valence-electron chi connectivity index (χ4n) is 3.59. The van der Waals surface area contributed by atoms with Crippen LogP contribution in [0, 0.1) is 0 Å². The summed E-state index contributed by atoms with van der Waals surface area (Å²) >= 11 is 0. The molecule has 3 aromatic rings. The second-order valence-corrected chi connectivity index (χ2v) is 6.80. The first-order valence-corrected chi connectivity index (χ1v) is 9.15. The summed E-state index contributed by atoms with van der Waals surface area (Å²) in [5.41, 5.74) is 3.50. The molecule has 1 aliphatic heterocycles. The van der Waals surface area contributed by atoms with Crippen molar-refractivity contribution in [2.75, 3.05) is 20.3 Å². The third-order valence-electron chi connectivity index (χ3n) is 4.88. The standard InChI is InChI=1S/C21H24N4O2/c1-26-21-7-3-2-6-18(21)11-24-12-19-10-23-16-25(19)20(13-24)15-27-14-17-5-4-8-22-9-17/h2-10,16,20H,11-15H2,1H3. The van der Waals surface area contributed by atoms with E-state index >= 15 is 0 Å². The van der Waals surface area contributed by atoms with Gasteiger partial charge in [0, 0.05) is 43.8 Å². The third-order valence-corrected chi connectivity index (χ3v) is 4.88. The Morgan fingerprint density at radius 3 is 2.89 bits per heavy atom. The van der Waals surface area contributed by atoms with Gasteiger partial charge in [-0.25, -0.2) is 4.98 Å². The largest absolute Gasteiger partial charge is 0.496 e. The van der Waals surface area contributed by atoms with Crippen LogP contribution in [0.15, 0.2) is 61.3 Å². The number of rotatable bonds is 7. The van der Waals surface area contributed by atoms with Crippen molar-refractivity contribution in [3.8, 4) is 5.75 Å². The maximum Gasteiger partial charge on any atom is 0.123 e. The van der Waals surface area contributed by atoms with Crippen molar-refractivity contribution in [2.45, 2.75) is 25.7 Å². The van der Waals surface area contributed by atoms with Gasteiger partial charge in [0.05, 0.1) is 38.4 Å². The fraction of sp³-hybridized carbons (Fsp3) is 0.333. The smallest absolute Gasteiger partial charge is 0.123 e. The molecule has 4 rings (SSSR count). The lowest BCUT2D eigenvalue weighted by molar-refractivity contribution is 0.0584. The Morgan fingerprint density at radius 1 is 1.11 bits per heavy atom. The normalized spacial score (nSPS) is 16.9. The van der Waals surface area contributed by atoms with Crippen molar-refractivity contribution in [1.82, 2.24) is 19.4 Å². The molecule has 0 aliphatic carbocycles. The first-order valence-electron chi connectivity index (χ1n) is 9.15. The van der Waals surface area contributed by atoms with Gasteiger partial charge in [0.2, 0.25) is 0 Å². The van der Waals surface area contributed by atoms with Crippen LogP contribution in [0.3, 0.4) is 0 Å². The van der Waals surface area contributed by atoms with Crippen LogP contribution in [0.4, 0.5) is 0 Å². The number of para-hydroxylation sites is 1. The molecular formula is C21H24N4O2. The van der Waals surface area contributed by atoms with Gasteiger partial charge >= 0.3 is 0 Å². The van der Waals surface area contributed by atoms with Crippen LogP contribution >= 0.6 is 0 Å². The Morgan fingerprint density at radius 2 is 2.04 bits per heavy atom. The Hall–Kier alpha value is -2.70. The van der Waals surface area contributed by atoms with Crippen LogP contribution < -0.4 is 4.74 Å². The number of benzene rings is 1. The van der Waals surface area contributed by atoms with Crippen molar-refractivity contribution in [1.29, 1.82) is 0 Å². The highest BCUT2D eigenvalue weighted by Crippen LogP contribution is 2.26. The van der Waals surface area contributed by atoms with E-state index in [4.69, 9.17) is 9.47 Å². The van der Waals surface area contributed by atoms with Gasteiger partial charge in [-0.2, -0.15) is 0 Å². The lowest BCUT2D eigenvalue weighted by Crippen LogP contribution is -2.38. The number of nitrogens with zero attached hydrogens (tertiary/aromatic N) is 4. The Labute approximate surface area is 159 Å². The number of methoxy groups -OCH3 is 1. The molecule has 1 atom stereocenters. The van der Waals surface area contributed by atoms with Crippen molar-refractivity contribution >= 4 is 0 Å². The zero-order valence-corrected chi connectivity index (χ0v) is 15.5. The van der Waals surface area contributed by atoms with Gasteiger partial charge in [0.25, 0.3) is 0 Å². The monoisotopic (exact) mass is 364 g/mol. The van der Waals surface area contributed by atoms with Crippen molar-refractivity contribution in [3.05, 3.63) is 78.1 Å². The Kier molecular flexibility index (Phi) is 5.46. The minimum absolute atomic E-state index is 0.239. The van der Waals surface area contributed by atoms with E-state index in [1.54, 1.807) is 13.3 Å². The average molecular weight is 364 g/mol. The van der Waals surface area contributed by atoms with E-state index in [2.05, 4.69) is 31.6 Å². The summed E-state index contributed by atoms with van der Waals surface area (Å²) in [6.45, 7) is 3.83. The first kappa shape index (κ1) is 17.7. The lowest BCUT2D eigenvalue weighted by Gasteiger charge is -2.34. The second-order valence-electron chi connectivity index (χ2n) is 6.80. The minimum atomic E-state index is 0.239. The van der Waals surface area contributed by atoms with Crippen molar-refractivity contribution in [2.24, 2.45) is 0 Å². The molecule has 1 aromatic carbocycles. The second kappa shape index (κ2) is 8.33. The number of ether oxygens (including phenoxy) is 2. The number of fused-ring (bicyclic) bond motifs is 1. The highest BCUT2D eigenvalue weighted by atomic mass is 16.5. The Balaban J connectivity index is 1.43. The van der Waals surface area contributed by atoms with Crippen molar-refractivity contribution < 1.29 is 9.47 Å². The first-order chi connectivity index (χ1) is 13.3. The molecular weight excluding hydrogens is 340 g/mol. The van der Waals surface area contributed by atoms with Gasteiger partial charge in [0.15, 0.2) is 0 Å². The molecule has 0 N–H and O–H groups in total. The molecule has 3 heterocycles. The lowest BCUT2D eigenvalue weighted by atomic mass is 10.1. The molecule has 0 saturated heterocycles. The van der Waals surface area contributed by atoms with Crippen LogP contribution in [-0.4, -0.2) is 39.7 Å². The quantitative estimate of drug-likeness (QED) is 0.645. The summed E-state index contributed by atoms with van der Waals surface area (Å²) in [5.74, 6) is 0.931. The molecule has 1 unspecified atom stereocenters. The number of imidazole rings is 1. The number of hydrogen-bond donors (Lipinski definition) is 0. The Bertz CT molecular complexity index is 865. The highest BCUT2D eigenvalue weighted by molar-refractivity contribution is 5.33. The molecule has 1 aliphatic rings. The molecule has 6 heteroatoms. The van der Waals surface area contributed by atoms with Gasteiger partial charge in [-0.1, -0.05) is 24.3 Å². The zero-order valence-electron chi connectivity index (χ0n) is 15.5. The average Bonchev–Trinajstić information content (AvgIpc) is 3.18. The van der Waals surface area contributed by atoms with Crippen LogP contribution in [-0.2, 0) is 24.4 Å². The maximum absolute atomic E-state index is 5.99. The third kappa shape index (κ3) is 4.18. The van der Waals surface area contributed by atoms with E-state index in [1.165, 1.54) is 11.3 Å². The molecule has 0 amide bonds. The zero-order chi connectivity index (χ0) is 18.5. The van der Waals surface area contributed by atoms with E-state index < -0.39 is 0 Å². The number of hydrogen-bond acceptors (Lipinski definition) is 5. The summed E-state index contributed by atoms with van der Waals surface area (Å²) in [7, 11) is 1.72. The summed E-state index contributed by atoms with van der Waals surface area (Å²) < 4.78 is 13.7. The molecule has 6 nitrogen and oxygen atoms in total. The molecule has 0 bridgehead atoms. The van der Waals surface area contributed by atoms with E-state index in [1.807, 2.05) is 43.0 Å². The fourth-order valence-corrected chi connectivity index (χ4v) is 3.59. The highest BCUT2D eigenvalue weighted by Gasteiger charge is 2.25.